The summed E-state index contributed by atoms with van der Waals surface area (Å²) >= 11 is 0. The molecular weight excluding hydrogens is 204 g/mol. The highest BCUT2D eigenvalue weighted by Gasteiger charge is 2.03. The van der Waals surface area contributed by atoms with Gasteiger partial charge < -0.3 is 9.67 Å². The van der Waals surface area contributed by atoms with Crippen LogP contribution in [-0.4, -0.2) is 20.6 Å². The van der Waals surface area contributed by atoms with E-state index in [2.05, 4.69) is 4.98 Å². The molecule has 82 valence electrons. The normalized spacial score (nSPS) is 10.2. The molecule has 1 aromatic heterocycles. The number of benzene rings is 1. The molecule has 0 atom stereocenters. The first-order valence-corrected chi connectivity index (χ1v) is 5.06. The quantitative estimate of drug-likeness (QED) is 0.849. The minimum absolute atomic E-state index is 0.117. The first-order valence-electron chi connectivity index (χ1n) is 5.06. The molecule has 0 radical (unpaired) electrons. The Morgan fingerprint density at radius 1 is 1.31 bits per heavy atom. The van der Waals surface area contributed by atoms with Crippen LogP contribution in [0, 0.1) is 0 Å². The van der Waals surface area contributed by atoms with Crippen molar-refractivity contribution in [2.75, 3.05) is 0 Å². The third-order valence-electron chi connectivity index (χ3n) is 2.29. The molecule has 0 amide bonds. The van der Waals surface area contributed by atoms with Crippen LogP contribution in [0.1, 0.15) is 12.1 Å². The van der Waals surface area contributed by atoms with Crippen LogP contribution in [0.4, 0.5) is 0 Å². The third-order valence-corrected chi connectivity index (χ3v) is 2.29. The van der Waals surface area contributed by atoms with E-state index in [-0.39, 0.29) is 6.42 Å². The number of imidazole rings is 1. The molecule has 0 aliphatic heterocycles. The van der Waals surface area contributed by atoms with Gasteiger partial charge >= 0.3 is 5.97 Å². The van der Waals surface area contributed by atoms with Gasteiger partial charge in [-0.3, -0.25) is 4.79 Å². The van der Waals surface area contributed by atoms with Gasteiger partial charge in [-0.05, 0) is 12.1 Å². The summed E-state index contributed by atoms with van der Waals surface area (Å²) < 4.78 is 1.89. The number of carboxylic acid groups (broad SMARTS) is 1. The summed E-state index contributed by atoms with van der Waals surface area (Å²) in [7, 11) is 0. The van der Waals surface area contributed by atoms with E-state index in [4.69, 9.17) is 5.11 Å². The molecule has 0 fully saturated rings. The number of rotatable bonds is 4. The van der Waals surface area contributed by atoms with Crippen molar-refractivity contribution >= 4 is 5.97 Å². The predicted octanol–water partition coefficient (Wildman–Crippen LogP) is 1.89. The Bertz CT molecular complexity index is 477. The van der Waals surface area contributed by atoms with E-state index < -0.39 is 5.97 Å². The predicted molar refractivity (Wildman–Crippen MR) is 59.5 cm³/mol. The number of aromatic nitrogens is 2. The fraction of sp³-hybridized carbons (Fsp3) is 0.167. The summed E-state index contributed by atoms with van der Waals surface area (Å²) in [6, 6.07) is 9.80. The molecule has 16 heavy (non-hydrogen) atoms. The zero-order valence-corrected chi connectivity index (χ0v) is 8.71. The SMILES string of the molecule is O=C(O)CCc1cn(-c2ccccc2)cn1. The minimum atomic E-state index is -0.797. The van der Waals surface area contributed by atoms with Gasteiger partial charge in [0.15, 0.2) is 0 Å². The minimum Gasteiger partial charge on any atom is -0.481 e. The van der Waals surface area contributed by atoms with Crippen LogP contribution in [0.15, 0.2) is 42.9 Å². The van der Waals surface area contributed by atoms with Crippen molar-refractivity contribution in [2.45, 2.75) is 12.8 Å². The highest BCUT2D eigenvalue weighted by atomic mass is 16.4. The molecular formula is C12H12N2O2. The molecule has 2 rings (SSSR count). The molecule has 2 aromatic rings. The van der Waals surface area contributed by atoms with Crippen molar-refractivity contribution in [3.8, 4) is 5.69 Å². The second-order valence-corrected chi connectivity index (χ2v) is 3.50. The molecule has 0 bridgehead atoms. The van der Waals surface area contributed by atoms with Crippen molar-refractivity contribution in [2.24, 2.45) is 0 Å². The van der Waals surface area contributed by atoms with Crippen LogP contribution in [-0.2, 0) is 11.2 Å². The maximum atomic E-state index is 10.4. The van der Waals surface area contributed by atoms with Crippen molar-refractivity contribution < 1.29 is 9.90 Å². The van der Waals surface area contributed by atoms with Gasteiger partial charge in [-0.25, -0.2) is 4.98 Å². The number of carbonyl (C=O) groups is 1. The first kappa shape index (κ1) is 10.4. The smallest absolute Gasteiger partial charge is 0.303 e. The summed E-state index contributed by atoms with van der Waals surface area (Å²) in [6.07, 6.45) is 4.14. The van der Waals surface area contributed by atoms with E-state index in [1.807, 2.05) is 41.1 Å². The third kappa shape index (κ3) is 2.48. The number of aliphatic carboxylic acids is 1. The van der Waals surface area contributed by atoms with Gasteiger partial charge in [-0.2, -0.15) is 0 Å². The second kappa shape index (κ2) is 4.61. The van der Waals surface area contributed by atoms with E-state index in [1.165, 1.54) is 0 Å². The molecule has 0 unspecified atom stereocenters. The van der Waals surface area contributed by atoms with Gasteiger partial charge in [0, 0.05) is 18.3 Å². The van der Waals surface area contributed by atoms with Crippen LogP contribution >= 0.6 is 0 Å². The van der Waals surface area contributed by atoms with E-state index in [0.29, 0.717) is 6.42 Å². The van der Waals surface area contributed by atoms with E-state index in [0.717, 1.165) is 11.4 Å². The number of aryl methyl sites for hydroxylation is 1. The zero-order valence-electron chi connectivity index (χ0n) is 8.71. The Morgan fingerprint density at radius 3 is 2.75 bits per heavy atom. The van der Waals surface area contributed by atoms with Gasteiger partial charge in [0.25, 0.3) is 0 Å². The molecule has 0 spiro atoms. The molecule has 0 saturated carbocycles. The molecule has 0 aliphatic rings. The lowest BCUT2D eigenvalue weighted by Crippen LogP contribution is -1.97. The number of carboxylic acids is 1. The summed E-state index contributed by atoms with van der Waals surface area (Å²) in [6.45, 7) is 0. The van der Waals surface area contributed by atoms with Crippen LogP contribution in [0.3, 0.4) is 0 Å². The largest absolute Gasteiger partial charge is 0.481 e. The number of para-hydroxylation sites is 1. The molecule has 1 heterocycles. The molecule has 1 aromatic carbocycles. The average molecular weight is 216 g/mol. The summed E-state index contributed by atoms with van der Waals surface area (Å²) in [5.74, 6) is -0.797. The monoisotopic (exact) mass is 216 g/mol. The van der Waals surface area contributed by atoms with Crippen molar-refractivity contribution in [1.82, 2.24) is 9.55 Å². The van der Waals surface area contributed by atoms with Gasteiger partial charge in [0.2, 0.25) is 0 Å². The first-order chi connectivity index (χ1) is 7.75. The van der Waals surface area contributed by atoms with Gasteiger partial charge in [-0.1, -0.05) is 18.2 Å². The van der Waals surface area contributed by atoms with E-state index in [9.17, 15) is 4.79 Å². The second-order valence-electron chi connectivity index (χ2n) is 3.50. The fourth-order valence-corrected chi connectivity index (χ4v) is 1.47. The van der Waals surface area contributed by atoms with Crippen molar-refractivity contribution in [3.63, 3.8) is 0 Å². The Hall–Kier alpha value is -2.10. The van der Waals surface area contributed by atoms with Crippen molar-refractivity contribution in [1.29, 1.82) is 0 Å². The van der Waals surface area contributed by atoms with Crippen LogP contribution in [0.25, 0.3) is 5.69 Å². The lowest BCUT2D eigenvalue weighted by Gasteiger charge is -1.99. The lowest BCUT2D eigenvalue weighted by molar-refractivity contribution is -0.136. The summed E-state index contributed by atoms with van der Waals surface area (Å²) in [5.41, 5.74) is 1.82. The van der Waals surface area contributed by atoms with Gasteiger partial charge in [0.05, 0.1) is 18.4 Å². The molecule has 1 N–H and O–H groups in total. The van der Waals surface area contributed by atoms with Crippen LogP contribution < -0.4 is 0 Å². The summed E-state index contributed by atoms with van der Waals surface area (Å²) in [5, 5.41) is 8.56. The van der Waals surface area contributed by atoms with Gasteiger partial charge in [-0.15, -0.1) is 0 Å². The maximum absolute atomic E-state index is 10.4. The molecule has 0 saturated heterocycles. The zero-order chi connectivity index (χ0) is 11.4. The van der Waals surface area contributed by atoms with Gasteiger partial charge in [0.1, 0.15) is 0 Å². The Labute approximate surface area is 93.2 Å². The highest BCUT2D eigenvalue weighted by molar-refractivity contribution is 5.66. The fourth-order valence-electron chi connectivity index (χ4n) is 1.47. The van der Waals surface area contributed by atoms with Crippen LogP contribution in [0.2, 0.25) is 0 Å². The van der Waals surface area contributed by atoms with Crippen LogP contribution in [0.5, 0.6) is 0 Å². The van der Waals surface area contributed by atoms with E-state index in [1.54, 1.807) is 6.33 Å². The molecule has 4 nitrogen and oxygen atoms in total. The summed E-state index contributed by atoms with van der Waals surface area (Å²) in [4.78, 5) is 14.6. The number of nitrogens with zero attached hydrogens (tertiary/aromatic N) is 2. The van der Waals surface area contributed by atoms with Crippen molar-refractivity contribution in [3.05, 3.63) is 48.5 Å². The number of hydrogen-bond acceptors (Lipinski definition) is 2. The van der Waals surface area contributed by atoms with E-state index >= 15 is 0 Å². The topological polar surface area (TPSA) is 55.1 Å². The standard InChI is InChI=1S/C12H12N2O2/c15-12(16)7-6-10-8-14(9-13-10)11-4-2-1-3-5-11/h1-5,8-9H,6-7H2,(H,15,16). The Morgan fingerprint density at radius 2 is 2.06 bits per heavy atom. The highest BCUT2D eigenvalue weighted by Crippen LogP contribution is 2.08. The lowest BCUT2D eigenvalue weighted by atomic mass is 10.2. The average Bonchev–Trinajstić information content (AvgIpc) is 2.76. The molecule has 0 aliphatic carbocycles. The Balaban J connectivity index is 2.11. The Kier molecular flexibility index (Phi) is 3.00. The number of hydrogen-bond donors (Lipinski definition) is 1. The maximum Gasteiger partial charge on any atom is 0.303 e. The molecule has 4 heteroatoms.